The van der Waals surface area contributed by atoms with Gasteiger partial charge in [0.25, 0.3) is 11.5 Å². The fraction of sp³-hybridized carbons (Fsp3) is 0.415. The molecule has 0 spiro atoms. The van der Waals surface area contributed by atoms with Crippen molar-refractivity contribution in [2.75, 3.05) is 100 Å². The topological polar surface area (TPSA) is 322 Å². The Kier molecular flexibility index (Phi) is 17.5. The van der Waals surface area contributed by atoms with Gasteiger partial charge in [0.1, 0.15) is 6.04 Å². The van der Waals surface area contributed by atoms with Gasteiger partial charge in [-0.1, -0.05) is 6.92 Å². The first kappa shape index (κ1) is 48.0. The maximum atomic E-state index is 13.4. The van der Waals surface area contributed by atoms with Gasteiger partial charge >= 0.3 is 17.9 Å². The van der Waals surface area contributed by atoms with Crippen molar-refractivity contribution in [1.82, 2.24) is 44.9 Å². The molecule has 342 valence electrons. The average molecular weight is 888 g/mol. The number of rotatable bonds is 18. The van der Waals surface area contributed by atoms with Crippen molar-refractivity contribution in [2.45, 2.75) is 32.4 Å². The van der Waals surface area contributed by atoms with Gasteiger partial charge in [0.05, 0.1) is 38.1 Å². The number of carboxylic acids is 3. The highest BCUT2D eigenvalue weighted by Crippen LogP contribution is 2.16. The van der Waals surface area contributed by atoms with Gasteiger partial charge in [0, 0.05) is 81.4 Å². The summed E-state index contributed by atoms with van der Waals surface area (Å²) < 4.78 is 0. The van der Waals surface area contributed by atoms with Crippen LogP contribution in [0.15, 0.2) is 59.5 Å². The first-order valence-corrected chi connectivity index (χ1v) is 20.6. The molecule has 3 heterocycles. The molecule has 0 aliphatic carbocycles. The Balaban J connectivity index is 1.14. The number of nitrogens with two attached hydrogens (primary N) is 1. The van der Waals surface area contributed by atoms with Crippen LogP contribution in [0.3, 0.4) is 0 Å². The molecular weight excluding hydrogens is 835 g/mol. The number of anilines is 4. The van der Waals surface area contributed by atoms with Crippen LogP contribution < -0.4 is 32.6 Å². The molecule has 1 aliphatic heterocycles. The van der Waals surface area contributed by atoms with Crippen LogP contribution in [0.4, 0.5) is 23.0 Å². The molecule has 23 heteroatoms. The molecule has 0 radical (unpaired) electrons. The summed E-state index contributed by atoms with van der Waals surface area (Å²) >= 11 is 0. The summed E-state index contributed by atoms with van der Waals surface area (Å²) in [5.41, 5.74) is 7.21. The summed E-state index contributed by atoms with van der Waals surface area (Å²) in [7, 11) is 0. The summed E-state index contributed by atoms with van der Waals surface area (Å²) in [4.78, 5) is 109. The molecule has 4 aromatic rings. The van der Waals surface area contributed by atoms with Crippen molar-refractivity contribution >= 4 is 69.8 Å². The third kappa shape index (κ3) is 15.4. The van der Waals surface area contributed by atoms with E-state index in [0.29, 0.717) is 75.1 Å². The minimum Gasteiger partial charge on any atom is -0.481 e. The van der Waals surface area contributed by atoms with Gasteiger partial charge in [0.15, 0.2) is 11.2 Å². The second kappa shape index (κ2) is 23.4. The van der Waals surface area contributed by atoms with E-state index < -0.39 is 47.7 Å². The Morgan fingerprint density at radius 2 is 1.25 bits per heavy atom. The molecule has 1 saturated heterocycles. The van der Waals surface area contributed by atoms with Crippen molar-refractivity contribution in [2.24, 2.45) is 0 Å². The van der Waals surface area contributed by atoms with Crippen LogP contribution in [0, 0.1) is 0 Å². The number of benzene rings is 2. The molecule has 2 aromatic heterocycles. The maximum Gasteiger partial charge on any atom is 0.317 e. The number of likely N-dealkylation sites (N-methyl/N-ethyl adjacent to an activating group) is 1. The van der Waals surface area contributed by atoms with Gasteiger partial charge in [-0.15, -0.1) is 0 Å². The molecule has 10 N–H and O–H groups in total. The largest absolute Gasteiger partial charge is 0.481 e. The summed E-state index contributed by atoms with van der Waals surface area (Å²) in [6, 6.07) is 11.4. The van der Waals surface area contributed by atoms with Gasteiger partial charge in [-0.05, 0) is 61.5 Å². The Labute approximate surface area is 367 Å². The monoisotopic (exact) mass is 887 g/mol. The zero-order chi connectivity index (χ0) is 46.2. The standard InChI is InChI=1S/C41H53N13O10/c1-2-51-13-15-52(17-18-54(25-35(60)61)20-19-53(16-14-51)24-34(58)59)23-32(55)45-28-7-9-29(10-8-28)47-39(63)31(11-12-33(56)57)48-38(62)26-3-5-27(6-4-26)43-21-30-22-44-37-36(46-30)40(64)50-41(42)49-37/h3-10,22,31,43H,2,11-21,23-25H2,1H3,(H,45,55)(H,47,63)(H,48,62)(H,56,57)(H,58,59)(H,60,61)(H3,42,44,49,50,64). The van der Waals surface area contributed by atoms with Crippen LogP contribution in [0.25, 0.3) is 11.2 Å². The minimum absolute atomic E-state index is 0.0186. The molecule has 64 heavy (non-hydrogen) atoms. The van der Waals surface area contributed by atoms with E-state index >= 15 is 0 Å². The van der Waals surface area contributed by atoms with E-state index in [-0.39, 0.29) is 61.2 Å². The smallest absolute Gasteiger partial charge is 0.317 e. The van der Waals surface area contributed by atoms with E-state index in [0.717, 1.165) is 6.54 Å². The highest BCUT2D eigenvalue weighted by atomic mass is 16.4. The second-order valence-electron chi connectivity index (χ2n) is 15.0. The Bertz CT molecular complexity index is 2330. The van der Waals surface area contributed by atoms with Crippen LogP contribution in [-0.2, 0) is 30.5 Å². The van der Waals surface area contributed by atoms with E-state index in [4.69, 9.17) is 5.73 Å². The van der Waals surface area contributed by atoms with Crippen molar-refractivity contribution in [3.8, 4) is 0 Å². The number of carbonyl (C=O) groups is 6. The number of amides is 3. The molecule has 5 rings (SSSR count). The number of nitrogens with one attached hydrogen (secondary N) is 5. The van der Waals surface area contributed by atoms with Crippen LogP contribution in [0.5, 0.6) is 0 Å². The number of H-pyrrole nitrogens is 1. The van der Waals surface area contributed by atoms with E-state index in [9.17, 15) is 48.9 Å². The Morgan fingerprint density at radius 1 is 0.719 bits per heavy atom. The third-order valence-electron chi connectivity index (χ3n) is 10.3. The van der Waals surface area contributed by atoms with E-state index in [1.807, 2.05) is 11.8 Å². The molecule has 1 fully saturated rings. The molecule has 1 unspecified atom stereocenters. The lowest BCUT2D eigenvalue weighted by atomic mass is 10.1. The summed E-state index contributed by atoms with van der Waals surface area (Å²) in [5, 5.41) is 39.5. The number of aliphatic carboxylic acids is 3. The van der Waals surface area contributed by atoms with Crippen molar-refractivity contribution in [3.05, 3.63) is 76.3 Å². The van der Waals surface area contributed by atoms with Gasteiger partial charge in [0.2, 0.25) is 17.8 Å². The molecule has 1 atom stereocenters. The predicted octanol–water partition coefficient (Wildman–Crippen LogP) is -0.141. The summed E-state index contributed by atoms with van der Waals surface area (Å²) in [5.74, 6) is -4.76. The second-order valence-corrected chi connectivity index (χ2v) is 15.0. The highest BCUT2D eigenvalue weighted by molar-refractivity contribution is 6.01. The number of aromatic amines is 1. The fourth-order valence-electron chi connectivity index (χ4n) is 6.79. The minimum atomic E-state index is -1.21. The van der Waals surface area contributed by atoms with Gasteiger partial charge in [-0.25, -0.2) is 9.97 Å². The first-order chi connectivity index (χ1) is 30.6. The maximum absolute atomic E-state index is 13.4. The van der Waals surface area contributed by atoms with Crippen LogP contribution in [-0.4, -0.2) is 175 Å². The molecule has 1 aliphatic rings. The number of fused-ring (bicyclic) bond motifs is 1. The SMILES string of the molecule is CCN1CCN(CC(=O)O)CCN(CC(=O)O)CCN(CC(=O)Nc2ccc(NC(=O)C(CCC(=O)O)NC(=O)c3ccc(NCc4cnc5nc(N)[nH]c(=O)c5n4)cc3)cc2)CC1. The summed E-state index contributed by atoms with van der Waals surface area (Å²) in [6.45, 7) is 6.28. The lowest BCUT2D eigenvalue weighted by Gasteiger charge is -2.33. The van der Waals surface area contributed by atoms with Crippen molar-refractivity contribution < 1.29 is 44.1 Å². The lowest BCUT2D eigenvalue weighted by molar-refractivity contribution is -0.140. The Morgan fingerprint density at radius 3 is 1.80 bits per heavy atom. The van der Waals surface area contributed by atoms with Crippen LogP contribution in [0.1, 0.15) is 35.8 Å². The zero-order valence-corrected chi connectivity index (χ0v) is 35.3. The predicted molar refractivity (Wildman–Crippen MR) is 235 cm³/mol. The lowest BCUT2D eigenvalue weighted by Crippen LogP contribution is -2.48. The number of hydrogen-bond donors (Lipinski definition) is 9. The molecule has 23 nitrogen and oxygen atoms in total. The van der Waals surface area contributed by atoms with Crippen LogP contribution >= 0.6 is 0 Å². The van der Waals surface area contributed by atoms with Gasteiger partial charge in [-0.3, -0.25) is 53.2 Å². The molecule has 2 aromatic carbocycles. The molecular formula is C41H53N13O10. The molecule has 0 bridgehead atoms. The number of aromatic nitrogens is 4. The zero-order valence-electron chi connectivity index (χ0n) is 35.3. The van der Waals surface area contributed by atoms with Crippen molar-refractivity contribution in [1.29, 1.82) is 0 Å². The van der Waals surface area contributed by atoms with E-state index in [1.54, 1.807) is 46.2 Å². The number of nitrogen functional groups attached to an aromatic ring is 1. The number of carbonyl (C=O) groups excluding carboxylic acids is 3. The number of hydrogen-bond acceptors (Lipinski definition) is 16. The normalized spacial score (nSPS) is 15.3. The first-order valence-electron chi connectivity index (χ1n) is 20.6. The summed E-state index contributed by atoms with van der Waals surface area (Å²) in [6.07, 6.45) is 0.865. The molecule has 0 saturated carbocycles. The van der Waals surface area contributed by atoms with Crippen molar-refractivity contribution in [3.63, 3.8) is 0 Å². The molecule has 3 amide bonds. The van der Waals surface area contributed by atoms with Gasteiger partial charge in [-0.2, -0.15) is 4.98 Å². The highest BCUT2D eigenvalue weighted by Gasteiger charge is 2.24. The van der Waals surface area contributed by atoms with E-state index in [1.165, 1.54) is 18.3 Å². The Hall–Kier alpha value is -7.08. The fourth-order valence-corrected chi connectivity index (χ4v) is 6.79. The van der Waals surface area contributed by atoms with Crippen LogP contribution in [0.2, 0.25) is 0 Å². The average Bonchev–Trinajstić information content (AvgIpc) is 3.24. The number of carboxylic acid groups (broad SMARTS) is 3. The number of nitrogens with zero attached hydrogens (tertiary/aromatic N) is 7. The quantitative estimate of drug-likeness (QED) is 0.0628. The van der Waals surface area contributed by atoms with Gasteiger partial charge < -0.3 is 47.2 Å². The third-order valence-corrected chi connectivity index (χ3v) is 10.3. The van der Waals surface area contributed by atoms with E-state index in [2.05, 4.69) is 46.1 Å².